The lowest BCUT2D eigenvalue weighted by molar-refractivity contribution is 0.246. The number of aromatic nitrogens is 1. The molecule has 3 atom stereocenters. The highest BCUT2D eigenvalue weighted by Gasteiger charge is 2.28. The summed E-state index contributed by atoms with van der Waals surface area (Å²) in [5.74, 6) is 1.48. The van der Waals surface area contributed by atoms with Crippen LogP contribution in [0.15, 0.2) is 47.3 Å². The third-order valence-electron chi connectivity index (χ3n) is 4.38. The van der Waals surface area contributed by atoms with E-state index in [2.05, 4.69) is 46.2 Å². The third-order valence-corrected chi connectivity index (χ3v) is 4.38. The molecule has 3 unspecified atom stereocenters. The molecule has 1 fully saturated rings. The van der Waals surface area contributed by atoms with Gasteiger partial charge in [0.15, 0.2) is 0 Å². The van der Waals surface area contributed by atoms with Gasteiger partial charge in [-0.25, -0.2) is 5.43 Å². The monoisotopic (exact) mass is 315 g/mol. The molecule has 1 saturated heterocycles. The quantitative estimate of drug-likeness (QED) is 0.716. The lowest BCUT2D eigenvalue weighted by Crippen LogP contribution is -2.35. The van der Waals surface area contributed by atoms with Crippen LogP contribution < -0.4 is 16.2 Å². The van der Waals surface area contributed by atoms with E-state index in [4.69, 9.17) is 4.42 Å². The van der Waals surface area contributed by atoms with Gasteiger partial charge in [0.2, 0.25) is 0 Å². The normalized spacial score (nSPS) is 22.6. The van der Waals surface area contributed by atoms with Gasteiger partial charge >= 0.3 is 0 Å². The Hall–Kier alpha value is -1.73. The van der Waals surface area contributed by atoms with Crippen LogP contribution in [0.4, 0.5) is 0 Å². The summed E-state index contributed by atoms with van der Waals surface area (Å²) in [6, 6.07) is 8.61. The molecular formula is C17H25N5O. The van der Waals surface area contributed by atoms with Crippen molar-refractivity contribution in [1.29, 1.82) is 0 Å². The molecule has 6 nitrogen and oxygen atoms in total. The van der Waals surface area contributed by atoms with Crippen molar-refractivity contribution < 1.29 is 4.42 Å². The van der Waals surface area contributed by atoms with E-state index in [-0.39, 0.29) is 12.1 Å². The fourth-order valence-electron chi connectivity index (χ4n) is 3.07. The molecule has 1 aliphatic heterocycles. The highest BCUT2D eigenvalue weighted by molar-refractivity contribution is 5.16. The Morgan fingerprint density at radius 2 is 2.30 bits per heavy atom. The van der Waals surface area contributed by atoms with Crippen LogP contribution in [0.25, 0.3) is 0 Å². The minimum Gasteiger partial charge on any atom is -0.468 e. The summed E-state index contributed by atoms with van der Waals surface area (Å²) in [6.07, 6.45) is 5.47. The van der Waals surface area contributed by atoms with Crippen LogP contribution in [0.2, 0.25) is 0 Å². The minimum absolute atomic E-state index is 0.240. The van der Waals surface area contributed by atoms with Crippen LogP contribution in [-0.2, 0) is 0 Å². The van der Waals surface area contributed by atoms with Gasteiger partial charge in [0, 0.05) is 37.9 Å². The first-order valence-electron chi connectivity index (χ1n) is 8.04. The van der Waals surface area contributed by atoms with E-state index in [1.807, 2.05) is 30.6 Å². The summed E-state index contributed by atoms with van der Waals surface area (Å²) >= 11 is 0. The molecule has 0 aliphatic carbocycles. The maximum absolute atomic E-state index is 5.56. The van der Waals surface area contributed by atoms with Gasteiger partial charge in [-0.3, -0.25) is 15.3 Å². The zero-order valence-corrected chi connectivity index (χ0v) is 13.7. The number of rotatable bonds is 7. The molecule has 2 aromatic rings. The second-order valence-corrected chi connectivity index (χ2v) is 6.20. The van der Waals surface area contributed by atoms with Crippen molar-refractivity contribution in [2.24, 2.45) is 5.92 Å². The molecule has 3 N–H and O–H groups in total. The third kappa shape index (κ3) is 3.97. The summed E-state index contributed by atoms with van der Waals surface area (Å²) in [6.45, 7) is 2.74. The van der Waals surface area contributed by atoms with E-state index < -0.39 is 0 Å². The Kier molecular flexibility index (Phi) is 5.40. The topological polar surface area (TPSA) is 65.4 Å². The first-order valence-corrected chi connectivity index (χ1v) is 8.04. The second kappa shape index (κ2) is 7.70. The van der Waals surface area contributed by atoms with E-state index in [1.165, 1.54) is 5.56 Å². The smallest absolute Gasteiger partial charge is 0.122 e. The van der Waals surface area contributed by atoms with Crippen molar-refractivity contribution in [2.75, 3.05) is 33.7 Å². The maximum atomic E-state index is 5.56. The first-order chi connectivity index (χ1) is 11.3. The highest BCUT2D eigenvalue weighted by atomic mass is 16.3. The number of nitrogens with one attached hydrogen (secondary N) is 3. The van der Waals surface area contributed by atoms with Crippen molar-refractivity contribution in [3.8, 4) is 0 Å². The summed E-state index contributed by atoms with van der Waals surface area (Å²) < 4.78 is 5.56. The number of likely N-dealkylation sites (N-methyl/N-ethyl adjacent to an activating group) is 1. The lowest BCUT2D eigenvalue weighted by atomic mass is 9.96. The van der Waals surface area contributed by atoms with Gasteiger partial charge in [-0.15, -0.1) is 0 Å². The molecule has 0 radical (unpaired) electrons. The average molecular weight is 315 g/mol. The Bertz CT molecular complexity index is 572. The Morgan fingerprint density at radius 1 is 1.39 bits per heavy atom. The number of pyridine rings is 1. The molecule has 3 heterocycles. The van der Waals surface area contributed by atoms with Crippen molar-refractivity contribution >= 4 is 0 Å². The summed E-state index contributed by atoms with van der Waals surface area (Å²) in [7, 11) is 4.15. The van der Waals surface area contributed by atoms with E-state index >= 15 is 0 Å². The largest absolute Gasteiger partial charge is 0.468 e. The van der Waals surface area contributed by atoms with Gasteiger partial charge in [0.1, 0.15) is 5.76 Å². The number of furan rings is 1. The first kappa shape index (κ1) is 16.1. The lowest BCUT2D eigenvalue weighted by Gasteiger charge is -2.24. The zero-order chi connectivity index (χ0) is 16.1. The van der Waals surface area contributed by atoms with Crippen LogP contribution >= 0.6 is 0 Å². The van der Waals surface area contributed by atoms with Crippen LogP contribution in [0.5, 0.6) is 0 Å². The molecule has 2 aromatic heterocycles. The molecule has 0 bridgehead atoms. The van der Waals surface area contributed by atoms with Crippen LogP contribution in [0.3, 0.4) is 0 Å². The Balaban J connectivity index is 1.55. The molecule has 0 saturated carbocycles. The number of nitrogens with zero attached hydrogens (tertiary/aromatic N) is 2. The average Bonchev–Trinajstić information content (AvgIpc) is 3.23. The van der Waals surface area contributed by atoms with E-state index in [9.17, 15) is 0 Å². The van der Waals surface area contributed by atoms with E-state index in [0.29, 0.717) is 5.92 Å². The van der Waals surface area contributed by atoms with Crippen LogP contribution in [-0.4, -0.2) is 43.6 Å². The van der Waals surface area contributed by atoms with Gasteiger partial charge in [-0.1, -0.05) is 6.07 Å². The molecule has 23 heavy (non-hydrogen) atoms. The summed E-state index contributed by atoms with van der Waals surface area (Å²) in [5.41, 5.74) is 7.84. The zero-order valence-electron chi connectivity index (χ0n) is 13.7. The van der Waals surface area contributed by atoms with E-state index in [1.54, 1.807) is 6.26 Å². The van der Waals surface area contributed by atoms with Gasteiger partial charge in [0.05, 0.1) is 18.3 Å². The fraction of sp³-hybridized carbons (Fsp3) is 0.471. The van der Waals surface area contributed by atoms with Gasteiger partial charge in [0.25, 0.3) is 0 Å². The van der Waals surface area contributed by atoms with Crippen molar-refractivity contribution in [2.45, 2.75) is 12.1 Å². The van der Waals surface area contributed by atoms with Crippen molar-refractivity contribution in [1.82, 2.24) is 26.1 Å². The Morgan fingerprint density at radius 3 is 3.00 bits per heavy atom. The van der Waals surface area contributed by atoms with Crippen LogP contribution in [0.1, 0.15) is 23.4 Å². The van der Waals surface area contributed by atoms with Gasteiger partial charge in [-0.2, -0.15) is 0 Å². The molecule has 6 heteroatoms. The standard InChI is InChI=1S/C17H25N5O/c1-22(2)15(16-6-4-8-23-16)12-19-10-14-11-20-21-17(14)13-5-3-7-18-9-13/h3-9,14-15,17,19-21H,10-12H2,1-2H3. The number of hydrazine groups is 1. The summed E-state index contributed by atoms with van der Waals surface area (Å²) in [4.78, 5) is 6.40. The molecule has 0 spiro atoms. The SMILES string of the molecule is CN(C)C(CNCC1CNNC1c1cccnc1)c1ccco1. The predicted molar refractivity (Wildman–Crippen MR) is 89.6 cm³/mol. The van der Waals surface area contributed by atoms with E-state index in [0.717, 1.165) is 25.4 Å². The fourth-order valence-corrected chi connectivity index (χ4v) is 3.07. The molecule has 0 amide bonds. The van der Waals surface area contributed by atoms with Crippen molar-refractivity contribution in [3.63, 3.8) is 0 Å². The summed E-state index contributed by atoms with van der Waals surface area (Å²) in [5, 5.41) is 3.59. The molecule has 124 valence electrons. The maximum Gasteiger partial charge on any atom is 0.122 e. The molecular weight excluding hydrogens is 290 g/mol. The van der Waals surface area contributed by atoms with Crippen molar-refractivity contribution in [3.05, 3.63) is 54.2 Å². The second-order valence-electron chi connectivity index (χ2n) is 6.20. The highest BCUT2D eigenvalue weighted by Crippen LogP contribution is 2.24. The molecule has 1 aliphatic rings. The Labute approximate surface area is 137 Å². The van der Waals surface area contributed by atoms with Crippen LogP contribution in [0, 0.1) is 5.92 Å². The number of hydrogen-bond donors (Lipinski definition) is 3. The number of hydrogen-bond acceptors (Lipinski definition) is 6. The molecule has 0 aromatic carbocycles. The van der Waals surface area contributed by atoms with Gasteiger partial charge < -0.3 is 9.73 Å². The molecule has 3 rings (SSSR count). The predicted octanol–water partition coefficient (Wildman–Crippen LogP) is 1.33. The van der Waals surface area contributed by atoms with Gasteiger partial charge in [-0.05, 0) is 37.9 Å². The minimum atomic E-state index is 0.240.